The van der Waals surface area contributed by atoms with Gasteiger partial charge in [0.25, 0.3) is 5.91 Å². The van der Waals surface area contributed by atoms with Gasteiger partial charge in [-0.05, 0) is 55.2 Å². The van der Waals surface area contributed by atoms with Crippen LogP contribution in [0, 0.1) is 13.8 Å². The SMILES string of the molecule is CCCNC(=O)N(CCN1CCOCC1)CC(=O)N1N=C(c2ccc(C)c(C)c2)C[C@H]1c1ccco1. The maximum atomic E-state index is 13.6. The Morgan fingerprint density at radius 3 is 2.67 bits per heavy atom. The summed E-state index contributed by atoms with van der Waals surface area (Å²) >= 11 is 0. The molecule has 9 heteroatoms. The largest absolute Gasteiger partial charge is 0.467 e. The average Bonchev–Trinajstić information content (AvgIpc) is 3.57. The molecular weight excluding hydrogens is 458 g/mol. The van der Waals surface area contributed by atoms with Crippen LogP contribution in [0.4, 0.5) is 4.79 Å². The molecule has 2 aliphatic rings. The number of morpholine rings is 1. The van der Waals surface area contributed by atoms with Gasteiger partial charge in [-0.2, -0.15) is 5.10 Å². The highest BCUT2D eigenvalue weighted by Gasteiger charge is 2.36. The lowest BCUT2D eigenvalue weighted by Crippen LogP contribution is -2.49. The third-order valence-corrected chi connectivity index (χ3v) is 6.81. The molecule has 194 valence electrons. The van der Waals surface area contributed by atoms with Gasteiger partial charge in [0.2, 0.25) is 0 Å². The first-order chi connectivity index (χ1) is 17.5. The van der Waals surface area contributed by atoms with Gasteiger partial charge in [0.05, 0.1) is 25.2 Å². The van der Waals surface area contributed by atoms with Crippen LogP contribution in [-0.2, 0) is 9.53 Å². The second-order valence-corrected chi connectivity index (χ2v) is 9.43. The number of amides is 3. The Balaban J connectivity index is 1.52. The summed E-state index contributed by atoms with van der Waals surface area (Å²) in [6.45, 7) is 10.8. The van der Waals surface area contributed by atoms with Gasteiger partial charge < -0.3 is 19.4 Å². The molecule has 2 aromatic rings. The number of benzene rings is 1. The van der Waals surface area contributed by atoms with Gasteiger partial charge in [0.15, 0.2) is 0 Å². The van der Waals surface area contributed by atoms with E-state index in [1.165, 1.54) is 16.1 Å². The van der Waals surface area contributed by atoms with Gasteiger partial charge in [-0.3, -0.25) is 9.69 Å². The number of furan rings is 1. The molecule has 3 amide bonds. The molecule has 0 radical (unpaired) electrons. The zero-order chi connectivity index (χ0) is 25.5. The van der Waals surface area contributed by atoms with Gasteiger partial charge in [0, 0.05) is 39.1 Å². The van der Waals surface area contributed by atoms with E-state index in [0.29, 0.717) is 45.0 Å². The van der Waals surface area contributed by atoms with Crippen LogP contribution in [0.2, 0.25) is 0 Å². The number of ether oxygens (including phenoxy) is 1. The molecular formula is C27H37N5O4. The fourth-order valence-corrected chi connectivity index (χ4v) is 4.46. The number of aryl methyl sites for hydroxylation is 2. The molecule has 1 aromatic carbocycles. The van der Waals surface area contributed by atoms with Crippen LogP contribution >= 0.6 is 0 Å². The maximum absolute atomic E-state index is 13.6. The number of urea groups is 1. The van der Waals surface area contributed by atoms with Crippen LogP contribution in [0.5, 0.6) is 0 Å². The average molecular weight is 496 g/mol. The van der Waals surface area contributed by atoms with E-state index in [1.54, 1.807) is 11.2 Å². The highest BCUT2D eigenvalue weighted by Crippen LogP contribution is 2.33. The minimum absolute atomic E-state index is 0.0548. The molecule has 36 heavy (non-hydrogen) atoms. The second kappa shape index (κ2) is 12.2. The summed E-state index contributed by atoms with van der Waals surface area (Å²) in [4.78, 5) is 30.4. The van der Waals surface area contributed by atoms with Crippen LogP contribution in [0.25, 0.3) is 0 Å². The molecule has 1 atom stereocenters. The molecule has 4 rings (SSSR count). The van der Waals surface area contributed by atoms with Gasteiger partial charge in [0.1, 0.15) is 18.3 Å². The standard InChI is InChI=1S/C27H37N5O4/c1-4-9-28-27(34)31(11-10-30-12-15-35-16-13-30)19-26(33)32-24(25-6-5-14-36-25)18-23(29-32)22-8-7-20(2)21(3)17-22/h5-8,14,17,24H,4,9-13,15-16,18-19H2,1-3H3,(H,28,34)/t24-/m0/s1. The number of nitrogens with zero attached hydrogens (tertiary/aromatic N) is 4. The van der Waals surface area contributed by atoms with Crippen LogP contribution < -0.4 is 5.32 Å². The monoisotopic (exact) mass is 495 g/mol. The van der Waals surface area contributed by atoms with Crippen molar-refractivity contribution >= 4 is 17.6 Å². The Hall–Kier alpha value is -3.17. The molecule has 1 saturated heterocycles. The van der Waals surface area contributed by atoms with Crippen molar-refractivity contribution in [2.24, 2.45) is 5.10 Å². The Kier molecular flexibility index (Phi) is 8.77. The molecule has 2 aliphatic heterocycles. The number of carbonyl (C=O) groups excluding carboxylic acids is 2. The van der Waals surface area contributed by atoms with Crippen LogP contribution in [-0.4, -0.2) is 84.9 Å². The lowest BCUT2D eigenvalue weighted by atomic mass is 9.99. The zero-order valence-corrected chi connectivity index (χ0v) is 21.5. The van der Waals surface area contributed by atoms with E-state index in [9.17, 15) is 9.59 Å². The quantitative estimate of drug-likeness (QED) is 0.576. The maximum Gasteiger partial charge on any atom is 0.317 e. The summed E-state index contributed by atoms with van der Waals surface area (Å²) in [7, 11) is 0. The second-order valence-electron chi connectivity index (χ2n) is 9.43. The Morgan fingerprint density at radius 1 is 1.17 bits per heavy atom. The fraction of sp³-hybridized carbons (Fsp3) is 0.519. The zero-order valence-electron chi connectivity index (χ0n) is 21.5. The summed E-state index contributed by atoms with van der Waals surface area (Å²) < 4.78 is 11.1. The van der Waals surface area contributed by atoms with Gasteiger partial charge >= 0.3 is 6.03 Å². The third-order valence-electron chi connectivity index (χ3n) is 6.81. The van der Waals surface area contributed by atoms with Crippen molar-refractivity contribution in [3.63, 3.8) is 0 Å². The molecule has 1 fully saturated rings. The number of rotatable bonds is 9. The van der Waals surface area contributed by atoms with Crippen molar-refractivity contribution in [3.05, 3.63) is 59.0 Å². The van der Waals surface area contributed by atoms with Crippen molar-refractivity contribution in [2.75, 3.05) is 52.5 Å². The molecule has 0 aliphatic carbocycles. The first kappa shape index (κ1) is 25.9. The normalized spacial score (nSPS) is 18.2. The Morgan fingerprint density at radius 2 is 1.97 bits per heavy atom. The van der Waals surface area contributed by atoms with Crippen molar-refractivity contribution in [3.8, 4) is 0 Å². The van der Waals surface area contributed by atoms with Gasteiger partial charge in [-0.1, -0.05) is 19.1 Å². The number of nitrogens with one attached hydrogen (secondary N) is 1. The number of hydrogen-bond acceptors (Lipinski definition) is 6. The van der Waals surface area contributed by atoms with Crippen molar-refractivity contribution < 1.29 is 18.7 Å². The van der Waals surface area contributed by atoms with E-state index in [-0.39, 0.29) is 24.5 Å². The first-order valence-corrected chi connectivity index (χ1v) is 12.8. The number of hydrazone groups is 1. The summed E-state index contributed by atoms with van der Waals surface area (Å²) in [6, 6.07) is 9.34. The predicted octanol–water partition coefficient (Wildman–Crippen LogP) is 3.33. The van der Waals surface area contributed by atoms with Crippen LogP contribution in [0.3, 0.4) is 0 Å². The Labute approximate surface area is 213 Å². The van der Waals surface area contributed by atoms with E-state index < -0.39 is 0 Å². The molecule has 0 unspecified atom stereocenters. The lowest BCUT2D eigenvalue weighted by Gasteiger charge is -2.30. The van der Waals surface area contributed by atoms with Gasteiger partial charge in [-0.25, -0.2) is 9.80 Å². The van der Waals surface area contributed by atoms with Gasteiger partial charge in [-0.15, -0.1) is 0 Å². The van der Waals surface area contributed by atoms with E-state index in [2.05, 4.69) is 36.2 Å². The van der Waals surface area contributed by atoms with E-state index in [4.69, 9.17) is 14.3 Å². The molecule has 1 N–H and O–H groups in total. The summed E-state index contributed by atoms with van der Waals surface area (Å²) in [5.74, 6) is 0.449. The topological polar surface area (TPSA) is 90.6 Å². The summed E-state index contributed by atoms with van der Waals surface area (Å²) in [6.07, 6.45) is 2.99. The minimum atomic E-state index is -0.344. The number of hydrogen-bond donors (Lipinski definition) is 1. The molecule has 0 spiro atoms. The predicted molar refractivity (Wildman–Crippen MR) is 138 cm³/mol. The van der Waals surface area contributed by atoms with Crippen molar-refractivity contribution in [1.29, 1.82) is 0 Å². The first-order valence-electron chi connectivity index (χ1n) is 12.8. The molecule has 9 nitrogen and oxygen atoms in total. The fourth-order valence-electron chi connectivity index (χ4n) is 4.46. The molecule has 3 heterocycles. The minimum Gasteiger partial charge on any atom is -0.467 e. The highest BCUT2D eigenvalue weighted by molar-refractivity contribution is 6.03. The lowest BCUT2D eigenvalue weighted by molar-refractivity contribution is -0.134. The Bertz CT molecular complexity index is 1060. The summed E-state index contributed by atoms with van der Waals surface area (Å²) in [5.41, 5.74) is 4.22. The molecule has 0 saturated carbocycles. The van der Waals surface area contributed by atoms with Crippen LogP contribution in [0.15, 0.2) is 46.1 Å². The van der Waals surface area contributed by atoms with Crippen molar-refractivity contribution in [2.45, 2.75) is 39.7 Å². The molecule has 1 aromatic heterocycles. The van der Waals surface area contributed by atoms with E-state index in [0.717, 1.165) is 30.8 Å². The van der Waals surface area contributed by atoms with E-state index >= 15 is 0 Å². The number of carbonyl (C=O) groups is 2. The highest BCUT2D eigenvalue weighted by atomic mass is 16.5. The van der Waals surface area contributed by atoms with Crippen LogP contribution in [0.1, 0.15) is 48.3 Å². The van der Waals surface area contributed by atoms with E-state index in [1.807, 2.05) is 25.1 Å². The smallest absolute Gasteiger partial charge is 0.317 e. The third kappa shape index (κ3) is 6.33. The molecule has 0 bridgehead atoms. The van der Waals surface area contributed by atoms with Crippen molar-refractivity contribution in [1.82, 2.24) is 20.1 Å². The summed E-state index contributed by atoms with van der Waals surface area (Å²) in [5, 5.41) is 9.16.